The Morgan fingerprint density at radius 2 is 2.14 bits per heavy atom. The van der Waals surface area contributed by atoms with E-state index in [0.717, 1.165) is 18.4 Å². The molecule has 3 N–H and O–H groups in total. The lowest BCUT2D eigenvalue weighted by Gasteiger charge is -2.18. The van der Waals surface area contributed by atoms with Crippen LogP contribution in [0.1, 0.15) is 24.4 Å². The zero-order chi connectivity index (χ0) is 10.1. The monoisotopic (exact) mass is 303 g/mol. The molecule has 0 bridgehead atoms. The van der Waals surface area contributed by atoms with Crippen LogP contribution in [0.25, 0.3) is 0 Å². The third-order valence-electron chi connectivity index (χ3n) is 2.71. The van der Waals surface area contributed by atoms with E-state index in [2.05, 4.69) is 22.6 Å². The average molecular weight is 303 g/mol. The van der Waals surface area contributed by atoms with Crippen LogP contribution >= 0.6 is 22.6 Å². The maximum atomic E-state index is 9.87. The largest absolute Gasteiger partial charge is 0.391 e. The summed E-state index contributed by atoms with van der Waals surface area (Å²) < 4.78 is 1.17. The van der Waals surface area contributed by atoms with E-state index in [4.69, 9.17) is 5.73 Å². The first-order valence-electron chi connectivity index (χ1n) is 4.87. The summed E-state index contributed by atoms with van der Waals surface area (Å²) in [6.07, 6.45) is 1.88. The van der Waals surface area contributed by atoms with Crippen molar-refractivity contribution in [3.63, 3.8) is 0 Å². The van der Waals surface area contributed by atoms with Gasteiger partial charge in [0, 0.05) is 3.57 Å². The Kier molecular flexibility index (Phi) is 3.09. The molecule has 0 amide bonds. The summed E-state index contributed by atoms with van der Waals surface area (Å²) in [4.78, 5) is 0. The van der Waals surface area contributed by atoms with Crippen molar-refractivity contribution in [3.05, 3.63) is 33.4 Å². The van der Waals surface area contributed by atoms with Crippen LogP contribution in [-0.2, 0) is 0 Å². The van der Waals surface area contributed by atoms with Gasteiger partial charge in [-0.2, -0.15) is 0 Å². The van der Waals surface area contributed by atoms with Crippen LogP contribution in [0.4, 0.5) is 0 Å². The normalized spacial score (nSPS) is 20.5. The number of hydrogen-bond acceptors (Lipinski definition) is 2. The molecule has 1 aromatic carbocycles. The van der Waals surface area contributed by atoms with Gasteiger partial charge in [0.2, 0.25) is 0 Å². The summed E-state index contributed by atoms with van der Waals surface area (Å²) >= 11 is 2.26. The fourth-order valence-electron chi connectivity index (χ4n) is 1.64. The molecule has 2 atom stereocenters. The fraction of sp³-hybridized carbons (Fsp3) is 0.455. The molecule has 0 unspecified atom stereocenters. The van der Waals surface area contributed by atoms with E-state index in [9.17, 15) is 5.11 Å². The van der Waals surface area contributed by atoms with Crippen molar-refractivity contribution in [2.45, 2.75) is 25.0 Å². The third kappa shape index (κ3) is 2.27. The molecule has 1 aromatic rings. The maximum Gasteiger partial charge on any atom is 0.0760 e. The Hall–Kier alpha value is -0.130. The van der Waals surface area contributed by atoms with Crippen molar-refractivity contribution in [1.29, 1.82) is 0 Å². The molecule has 0 aromatic heterocycles. The minimum Gasteiger partial charge on any atom is -0.391 e. The molecule has 0 radical (unpaired) electrons. The molecule has 2 rings (SSSR count). The Balaban J connectivity index is 2.13. The molecule has 1 aliphatic rings. The average Bonchev–Trinajstić information content (AvgIpc) is 2.99. The van der Waals surface area contributed by atoms with E-state index in [1.54, 1.807) is 0 Å². The molecular weight excluding hydrogens is 289 g/mol. The summed E-state index contributed by atoms with van der Waals surface area (Å²) in [5, 5.41) is 9.87. The zero-order valence-electron chi connectivity index (χ0n) is 7.86. The number of nitrogens with two attached hydrogens (primary N) is 1. The Morgan fingerprint density at radius 1 is 1.43 bits per heavy atom. The van der Waals surface area contributed by atoms with Gasteiger partial charge in [0.15, 0.2) is 0 Å². The first-order valence-corrected chi connectivity index (χ1v) is 5.95. The van der Waals surface area contributed by atoms with E-state index < -0.39 is 0 Å². The van der Waals surface area contributed by atoms with Gasteiger partial charge >= 0.3 is 0 Å². The quantitative estimate of drug-likeness (QED) is 0.840. The van der Waals surface area contributed by atoms with E-state index in [1.165, 1.54) is 3.57 Å². The van der Waals surface area contributed by atoms with E-state index in [1.807, 2.05) is 24.3 Å². The molecule has 0 heterocycles. The van der Waals surface area contributed by atoms with Crippen LogP contribution in [0.3, 0.4) is 0 Å². The molecule has 0 aliphatic heterocycles. The predicted octanol–water partition coefficient (Wildman–Crippen LogP) is 2.06. The SMILES string of the molecule is N[C@@H](c1cccc(I)c1)[C@H](O)C1CC1. The van der Waals surface area contributed by atoms with Crippen molar-refractivity contribution >= 4 is 22.6 Å². The maximum absolute atomic E-state index is 9.87. The lowest BCUT2D eigenvalue weighted by Crippen LogP contribution is -2.27. The second kappa shape index (κ2) is 4.16. The van der Waals surface area contributed by atoms with Crippen LogP contribution < -0.4 is 5.73 Å². The predicted molar refractivity (Wildman–Crippen MR) is 64.8 cm³/mol. The van der Waals surface area contributed by atoms with E-state index in [-0.39, 0.29) is 12.1 Å². The summed E-state index contributed by atoms with van der Waals surface area (Å²) in [6.45, 7) is 0. The summed E-state index contributed by atoms with van der Waals surface area (Å²) in [6, 6.07) is 7.81. The number of benzene rings is 1. The molecule has 1 saturated carbocycles. The van der Waals surface area contributed by atoms with Gasteiger partial charge in [-0.05, 0) is 59.0 Å². The van der Waals surface area contributed by atoms with Crippen LogP contribution in [-0.4, -0.2) is 11.2 Å². The first-order chi connectivity index (χ1) is 6.68. The first kappa shape index (κ1) is 10.4. The van der Waals surface area contributed by atoms with Crippen LogP contribution in [0.15, 0.2) is 24.3 Å². The molecule has 2 nitrogen and oxygen atoms in total. The van der Waals surface area contributed by atoms with Gasteiger partial charge in [-0.3, -0.25) is 0 Å². The van der Waals surface area contributed by atoms with Gasteiger partial charge < -0.3 is 10.8 Å². The zero-order valence-corrected chi connectivity index (χ0v) is 10.0. The van der Waals surface area contributed by atoms with E-state index >= 15 is 0 Å². The molecule has 3 heteroatoms. The molecule has 76 valence electrons. The molecule has 1 aliphatic carbocycles. The lowest BCUT2D eigenvalue weighted by atomic mass is 9.99. The van der Waals surface area contributed by atoms with Crippen molar-refractivity contribution in [1.82, 2.24) is 0 Å². The number of rotatable bonds is 3. The van der Waals surface area contributed by atoms with E-state index in [0.29, 0.717) is 5.92 Å². The Morgan fingerprint density at radius 3 is 2.71 bits per heavy atom. The standard InChI is InChI=1S/C11H14INO/c12-9-3-1-2-8(6-9)10(13)11(14)7-4-5-7/h1-3,6-7,10-11,14H,4-5,13H2/t10-,11+/m0/s1. The van der Waals surface area contributed by atoms with Crippen molar-refractivity contribution in [3.8, 4) is 0 Å². The van der Waals surface area contributed by atoms with Gasteiger partial charge in [-0.1, -0.05) is 12.1 Å². The molecule has 0 spiro atoms. The number of halogens is 1. The molecular formula is C11H14INO. The van der Waals surface area contributed by atoms with Gasteiger partial charge in [0.05, 0.1) is 12.1 Å². The highest BCUT2D eigenvalue weighted by Crippen LogP contribution is 2.37. The van der Waals surface area contributed by atoms with Gasteiger partial charge in [0.1, 0.15) is 0 Å². The summed E-state index contributed by atoms with van der Waals surface area (Å²) in [5.74, 6) is 0.433. The second-order valence-electron chi connectivity index (χ2n) is 3.91. The van der Waals surface area contributed by atoms with Gasteiger partial charge in [-0.15, -0.1) is 0 Å². The minimum atomic E-state index is -0.367. The van der Waals surface area contributed by atoms with Crippen molar-refractivity contribution < 1.29 is 5.11 Å². The fourth-order valence-corrected chi connectivity index (χ4v) is 2.21. The smallest absolute Gasteiger partial charge is 0.0760 e. The second-order valence-corrected chi connectivity index (χ2v) is 5.15. The highest BCUT2D eigenvalue weighted by molar-refractivity contribution is 14.1. The highest BCUT2D eigenvalue weighted by atomic mass is 127. The minimum absolute atomic E-state index is 0.225. The Bertz CT molecular complexity index is 325. The summed E-state index contributed by atoms with van der Waals surface area (Å²) in [5.41, 5.74) is 7.03. The topological polar surface area (TPSA) is 46.2 Å². The van der Waals surface area contributed by atoms with Gasteiger partial charge in [0.25, 0.3) is 0 Å². The highest BCUT2D eigenvalue weighted by Gasteiger charge is 2.34. The van der Waals surface area contributed by atoms with Crippen LogP contribution in [0.5, 0.6) is 0 Å². The molecule has 0 saturated heterocycles. The number of aliphatic hydroxyl groups is 1. The van der Waals surface area contributed by atoms with Crippen LogP contribution in [0.2, 0.25) is 0 Å². The third-order valence-corrected chi connectivity index (χ3v) is 3.38. The number of aliphatic hydroxyl groups excluding tert-OH is 1. The lowest BCUT2D eigenvalue weighted by molar-refractivity contribution is 0.122. The molecule has 1 fully saturated rings. The summed E-state index contributed by atoms with van der Waals surface area (Å²) in [7, 11) is 0. The van der Waals surface area contributed by atoms with Crippen molar-refractivity contribution in [2.24, 2.45) is 11.7 Å². The molecule has 14 heavy (non-hydrogen) atoms. The van der Waals surface area contributed by atoms with Crippen LogP contribution in [0, 0.1) is 9.49 Å². The Labute approximate surface area is 97.6 Å². The van der Waals surface area contributed by atoms with Gasteiger partial charge in [-0.25, -0.2) is 0 Å². The number of hydrogen-bond donors (Lipinski definition) is 2. The van der Waals surface area contributed by atoms with Crippen molar-refractivity contribution in [2.75, 3.05) is 0 Å².